The molecule has 0 aromatic heterocycles. The molecule has 1 saturated heterocycles. The topological polar surface area (TPSA) is 38.5 Å². The predicted molar refractivity (Wildman–Crippen MR) is 61.8 cm³/mol. The van der Waals surface area contributed by atoms with E-state index in [0.717, 1.165) is 25.6 Å². The fraction of sp³-hybridized carbons (Fsp3) is 1.00. The average Bonchev–Trinajstić information content (AvgIpc) is 2.93. The summed E-state index contributed by atoms with van der Waals surface area (Å²) in [4.78, 5) is 2.44. The Labute approximate surface area is 93.0 Å². The molecule has 0 bridgehead atoms. The van der Waals surface area contributed by atoms with Gasteiger partial charge in [0.2, 0.25) is 0 Å². The van der Waals surface area contributed by atoms with Gasteiger partial charge in [-0.25, -0.2) is 0 Å². The largest absolute Gasteiger partial charge is 0.378 e. The van der Waals surface area contributed by atoms with Crippen molar-refractivity contribution in [1.29, 1.82) is 0 Å². The van der Waals surface area contributed by atoms with Crippen LogP contribution in [0.5, 0.6) is 0 Å². The summed E-state index contributed by atoms with van der Waals surface area (Å²) in [5.74, 6) is 0.879. The van der Waals surface area contributed by atoms with E-state index in [-0.39, 0.29) is 0 Å². The van der Waals surface area contributed by atoms with E-state index in [2.05, 4.69) is 11.9 Å². The number of nitrogens with zero attached hydrogens (tertiary/aromatic N) is 1. The summed E-state index contributed by atoms with van der Waals surface area (Å²) < 4.78 is 5.63. The van der Waals surface area contributed by atoms with Gasteiger partial charge in [0.15, 0.2) is 0 Å². The quantitative estimate of drug-likeness (QED) is 0.719. The van der Waals surface area contributed by atoms with Crippen LogP contribution in [-0.2, 0) is 4.74 Å². The predicted octanol–water partition coefficient (Wildman–Crippen LogP) is 1.22. The van der Waals surface area contributed by atoms with Crippen LogP contribution in [0.25, 0.3) is 0 Å². The van der Waals surface area contributed by atoms with Crippen LogP contribution >= 0.6 is 0 Å². The molecule has 3 nitrogen and oxygen atoms in total. The minimum atomic E-state index is 0.519. The fourth-order valence-corrected chi connectivity index (χ4v) is 2.60. The minimum absolute atomic E-state index is 0.519. The van der Waals surface area contributed by atoms with Gasteiger partial charge in [-0.3, -0.25) is 0 Å². The Kier molecular flexibility index (Phi) is 4.00. The van der Waals surface area contributed by atoms with Gasteiger partial charge in [-0.15, -0.1) is 0 Å². The van der Waals surface area contributed by atoms with Crippen LogP contribution in [0, 0.1) is 5.92 Å². The van der Waals surface area contributed by atoms with Gasteiger partial charge < -0.3 is 15.4 Å². The van der Waals surface area contributed by atoms with Crippen LogP contribution in [-0.4, -0.2) is 43.8 Å². The normalized spacial score (nSPS) is 28.6. The van der Waals surface area contributed by atoms with Crippen LogP contribution in [0.2, 0.25) is 0 Å². The van der Waals surface area contributed by atoms with Gasteiger partial charge in [-0.05, 0) is 45.1 Å². The molecule has 1 aliphatic carbocycles. The van der Waals surface area contributed by atoms with Gasteiger partial charge in [0, 0.05) is 25.7 Å². The van der Waals surface area contributed by atoms with E-state index in [1.165, 1.54) is 32.1 Å². The Hall–Kier alpha value is -0.120. The summed E-state index contributed by atoms with van der Waals surface area (Å²) in [6.45, 7) is 2.92. The third kappa shape index (κ3) is 3.16. The third-order valence-corrected chi connectivity index (χ3v) is 3.80. The monoisotopic (exact) mass is 212 g/mol. The van der Waals surface area contributed by atoms with E-state index in [4.69, 9.17) is 10.5 Å². The number of ether oxygens (including phenoxy) is 1. The summed E-state index contributed by atoms with van der Waals surface area (Å²) >= 11 is 0. The average molecular weight is 212 g/mol. The molecule has 2 unspecified atom stereocenters. The van der Waals surface area contributed by atoms with E-state index in [9.17, 15) is 0 Å². The molecule has 0 aromatic rings. The number of rotatable bonds is 6. The lowest BCUT2D eigenvalue weighted by atomic mass is 10.1. The van der Waals surface area contributed by atoms with Crippen molar-refractivity contribution >= 4 is 0 Å². The fourth-order valence-electron chi connectivity index (χ4n) is 2.60. The third-order valence-electron chi connectivity index (χ3n) is 3.80. The van der Waals surface area contributed by atoms with Gasteiger partial charge in [0.05, 0.1) is 6.10 Å². The molecule has 3 heteroatoms. The van der Waals surface area contributed by atoms with Crippen molar-refractivity contribution in [3.8, 4) is 0 Å². The molecule has 1 saturated carbocycles. The van der Waals surface area contributed by atoms with E-state index < -0.39 is 0 Å². The van der Waals surface area contributed by atoms with Crippen molar-refractivity contribution in [1.82, 2.24) is 4.90 Å². The smallest absolute Gasteiger partial charge is 0.0588 e. The lowest BCUT2D eigenvalue weighted by Gasteiger charge is -2.27. The second kappa shape index (κ2) is 5.28. The van der Waals surface area contributed by atoms with Crippen molar-refractivity contribution in [2.24, 2.45) is 11.7 Å². The summed E-state index contributed by atoms with van der Waals surface area (Å²) in [6.07, 6.45) is 6.96. The molecule has 2 fully saturated rings. The number of likely N-dealkylation sites (N-methyl/N-ethyl adjacent to an activating group) is 1. The molecule has 15 heavy (non-hydrogen) atoms. The van der Waals surface area contributed by atoms with Crippen molar-refractivity contribution in [2.45, 2.75) is 44.2 Å². The van der Waals surface area contributed by atoms with Crippen molar-refractivity contribution < 1.29 is 4.74 Å². The Morgan fingerprint density at radius 3 is 2.73 bits per heavy atom. The summed E-state index contributed by atoms with van der Waals surface area (Å²) in [5, 5.41) is 0. The van der Waals surface area contributed by atoms with Gasteiger partial charge >= 0.3 is 0 Å². The molecule has 2 aliphatic rings. The maximum Gasteiger partial charge on any atom is 0.0588 e. The first-order valence-corrected chi connectivity index (χ1v) is 6.33. The first-order chi connectivity index (χ1) is 7.31. The van der Waals surface area contributed by atoms with Crippen LogP contribution in [0.4, 0.5) is 0 Å². The second-order valence-corrected chi connectivity index (χ2v) is 5.04. The SMILES string of the molecule is CN(CCC1CCCO1)C(CN)C1CC1. The summed E-state index contributed by atoms with van der Waals surface area (Å²) in [5.41, 5.74) is 5.83. The second-order valence-electron chi connectivity index (χ2n) is 5.04. The summed E-state index contributed by atoms with van der Waals surface area (Å²) in [6, 6.07) is 0.617. The zero-order valence-electron chi connectivity index (χ0n) is 9.82. The molecule has 1 heterocycles. The van der Waals surface area contributed by atoms with Crippen LogP contribution < -0.4 is 5.73 Å². The highest BCUT2D eigenvalue weighted by Gasteiger charge is 2.32. The molecule has 2 atom stereocenters. The molecular weight excluding hydrogens is 188 g/mol. The Balaban J connectivity index is 1.67. The highest BCUT2D eigenvalue weighted by Crippen LogP contribution is 2.34. The van der Waals surface area contributed by atoms with Crippen LogP contribution in [0.15, 0.2) is 0 Å². The van der Waals surface area contributed by atoms with Gasteiger partial charge in [-0.1, -0.05) is 0 Å². The molecule has 0 spiro atoms. The van der Waals surface area contributed by atoms with Crippen LogP contribution in [0.1, 0.15) is 32.1 Å². The zero-order chi connectivity index (χ0) is 10.7. The summed E-state index contributed by atoms with van der Waals surface area (Å²) in [7, 11) is 2.21. The maximum atomic E-state index is 5.83. The minimum Gasteiger partial charge on any atom is -0.378 e. The van der Waals surface area contributed by atoms with Crippen molar-refractivity contribution in [3.05, 3.63) is 0 Å². The molecule has 88 valence electrons. The molecule has 1 aliphatic heterocycles. The van der Waals surface area contributed by atoms with Crippen molar-refractivity contribution in [2.75, 3.05) is 26.7 Å². The van der Waals surface area contributed by atoms with Gasteiger partial charge in [0.25, 0.3) is 0 Å². The van der Waals surface area contributed by atoms with Gasteiger partial charge in [0.1, 0.15) is 0 Å². The number of nitrogens with two attached hydrogens (primary N) is 1. The molecule has 0 radical (unpaired) electrons. The lowest BCUT2D eigenvalue weighted by Crippen LogP contribution is -2.40. The molecule has 0 amide bonds. The van der Waals surface area contributed by atoms with E-state index in [1.54, 1.807) is 0 Å². The number of hydrogen-bond acceptors (Lipinski definition) is 3. The van der Waals surface area contributed by atoms with E-state index in [1.807, 2.05) is 0 Å². The first-order valence-electron chi connectivity index (χ1n) is 6.33. The molecular formula is C12H24N2O. The Morgan fingerprint density at radius 2 is 2.20 bits per heavy atom. The zero-order valence-corrected chi connectivity index (χ0v) is 9.82. The van der Waals surface area contributed by atoms with Crippen LogP contribution in [0.3, 0.4) is 0 Å². The highest BCUT2D eigenvalue weighted by atomic mass is 16.5. The van der Waals surface area contributed by atoms with Crippen molar-refractivity contribution in [3.63, 3.8) is 0 Å². The van der Waals surface area contributed by atoms with E-state index >= 15 is 0 Å². The maximum absolute atomic E-state index is 5.83. The first kappa shape index (κ1) is 11.4. The molecule has 2 rings (SSSR count). The Morgan fingerprint density at radius 1 is 1.40 bits per heavy atom. The number of hydrogen-bond donors (Lipinski definition) is 1. The van der Waals surface area contributed by atoms with E-state index in [0.29, 0.717) is 12.1 Å². The Bertz CT molecular complexity index is 188. The standard InChI is InChI=1S/C12H24N2O/c1-14(12(9-13)10-4-5-10)7-6-11-3-2-8-15-11/h10-12H,2-9,13H2,1H3. The molecule has 2 N–H and O–H groups in total. The van der Waals surface area contributed by atoms with Gasteiger partial charge in [-0.2, -0.15) is 0 Å². The highest BCUT2D eigenvalue weighted by molar-refractivity contribution is 4.88. The molecule has 0 aromatic carbocycles. The lowest BCUT2D eigenvalue weighted by molar-refractivity contribution is 0.0883.